The highest BCUT2D eigenvalue weighted by Crippen LogP contribution is 2.35. The van der Waals surface area contributed by atoms with E-state index >= 15 is 0 Å². The van der Waals surface area contributed by atoms with E-state index < -0.39 is 10.0 Å². The molecule has 0 fully saturated rings. The molecule has 2 aromatic rings. The molecule has 0 saturated heterocycles. The summed E-state index contributed by atoms with van der Waals surface area (Å²) < 4.78 is 37.9. The normalized spacial score (nSPS) is 11.7. The molecule has 0 radical (unpaired) electrons. The number of sulfonamides is 1. The van der Waals surface area contributed by atoms with Gasteiger partial charge in [-0.15, -0.1) is 0 Å². The Labute approximate surface area is 164 Å². The molecule has 0 aliphatic heterocycles. The summed E-state index contributed by atoms with van der Waals surface area (Å²) in [6.45, 7) is 3.51. The highest BCUT2D eigenvalue weighted by molar-refractivity contribution is 7.89. The maximum atomic E-state index is 13.1. The van der Waals surface area contributed by atoms with Crippen LogP contribution in [0.2, 0.25) is 10.0 Å². The highest BCUT2D eigenvalue weighted by atomic mass is 35.5. The van der Waals surface area contributed by atoms with Crippen molar-refractivity contribution in [3.05, 3.63) is 51.0 Å². The minimum Gasteiger partial charge on any atom is -0.493 e. The third-order valence-electron chi connectivity index (χ3n) is 4.11. The fourth-order valence-corrected chi connectivity index (χ4v) is 4.92. The van der Waals surface area contributed by atoms with Crippen LogP contribution in [0.15, 0.2) is 29.2 Å². The Morgan fingerprint density at radius 2 is 1.65 bits per heavy atom. The molecule has 0 heterocycles. The van der Waals surface area contributed by atoms with E-state index in [1.807, 2.05) is 0 Å². The standard InChI is InChI=1S/C18H21Cl2NO4S/c1-11-8-14(19)12(2)18(17(11)20)26(22,23)21(3)10-13-6-7-15(24-4)16(9-13)25-5/h6-9H,10H2,1-5H3. The fraction of sp³-hybridized carbons (Fsp3) is 0.333. The van der Waals surface area contributed by atoms with Gasteiger partial charge in [-0.1, -0.05) is 29.3 Å². The smallest absolute Gasteiger partial charge is 0.244 e. The first-order valence-corrected chi connectivity index (χ1v) is 9.95. The van der Waals surface area contributed by atoms with Crippen molar-refractivity contribution in [1.29, 1.82) is 0 Å². The van der Waals surface area contributed by atoms with Gasteiger partial charge in [-0.05, 0) is 48.7 Å². The van der Waals surface area contributed by atoms with Gasteiger partial charge in [0.1, 0.15) is 4.90 Å². The van der Waals surface area contributed by atoms with Gasteiger partial charge in [0, 0.05) is 18.6 Å². The molecule has 142 valence electrons. The van der Waals surface area contributed by atoms with Crippen molar-refractivity contribution >= 4 is 33.2 Å². The summed E-state index contributed by atoms with van der Waals surface area (Å²) in [4.78, 5) is 0.0344. The summed E-state index contributed by atoms with van der Waals surface area (Å²) >= 11 is 12.5. The maximum absolute atomic E-state index is 13.1. The first-order chi connectivity index (χ1) is 12.1. The molecule has 2 aromatic carbocycles. The Balaban J connectivity index is 2.43. The second-order valence-electron chi connectivity index (χ2n) is 5.89. The van der Waals surface area contributed by atoms with Crippen LogP contribution in [0, 0.1) is 13.8 Å². The van der Waals surface area contributed by atoms with E-state index in [-0.39, 0.29) is 16.5 Å². The monoisotopic (exact) mass is 417 g/mol. The molecule has 26 heavy (non-hydrogen) atoms. The number of halogens is 2. The van der Waals surface area contributed by atoms with Gasteiger partial charge in [0.05, 0.1) is 19.2 Å². The second kappa shape index (κ2) is 8.05. The molecular weight excluding hydrogens is 397 g/mol. The number of nitrogens with zero attached hydrogens (tertiary/aromatic N) is 1. The van der Waals surface area contributed by atoms with Gasteiger partial charge in [0.2, 0.25) is 10.0 Å². The third kappa shape index (κ3) is 3.93. The van der Waals surface area contributed by atoms with Crippen LogP contribution < -0.4 is 9.47 Å². The van der Waals surface area contributed by atoms with E-state index in [9.17, 15) is 8.42 Å². The predicted octanol–water partition coefficient (Wildman–Crippen LogP) is 4.45. The van der Waals surface area contributed by atoms with Gasteiger partial charge in [-0.2, -0.15) is 4.31 Å². The number of hydrogen-bond donors (Lipinski definition) is 0. The summed E-state index contributed by atoms with van der Waals surface area (Å²) in [6.07, 6.45) is 0. The minimum absolute atomic E-state index is 0.0344. The van der Waals surface area contributed by atoms with Crippen molar-refractivity contribution in [3.63, 3.8) is 0 Å². The Kier molecular flexibility index (Phi) is 6.45. The Morgan fingerprint density at radius 3 is 2.23 bits per heavy atom. The largest absolute Gasteiger partial charge is 0.493 e. The summed E-state index contributed by atoms with van der Waals surface area (Å²) in [6, 6.07) is 6.91. The molecule has 0 aliphatic carbocycles. The topological polar surface area (TPSA) is 55.8 Å². The molecule has 0 spiro atoms. The first kappa shape index (κ1) is 20.8. The molecule has 0 aromatic heterocycles. The molecule has 0 aliphatic rings. The van der Waals surface area contributed by atoms with Crippen LogP contribution in [0.4, 0.5) is 0 Å². The van der Waals surface area contributed by atoms with Gasteiger partial charge >= 0.3 is 0 Å². The van der Waals surface area contributed by atoms with Crippen LogP contribution in [-0.4, -0.2) is 34.0 Å². The molecular formula is C18H21Cl2NO4S. The van der Waals surface area contributed by atoms with Crippen molar-refractivity contribution in [1.82, 2.24) is 4.31 Å². The molecule has 0 unspecified atom stereocenters. The van der Waals surface area contributed by atoms with E-state index in [1.165, 1.54) is 18.5 Å². The lowest BCUT2D eigenvalue weighted by Crippen LogP contribution is -2.27. The number of benzene rings is 2. The van der Waals surface area contributed by atoms with Crippen LogP contribution in [0.5, 0.6) is 11.5 Å². The quantitative estimate of drug-likeness (QED) is 0.696. The zero-order chi connectivity index (χ0) is 19.6. The average molecular weight is 418 g/mol. The average Bonchev–Trinajstić information content (AvgIpc) is 2.59. The summed E-state index contributed by atoms with van der Waals surface area (Å²) in [5.41, 5.74) is 1.79. The Morgan fingerprint density at radius 1 is 1.04 bits per heavy atom. The van der Waals surface area contributed by atoms with Crippen LogP contribution >= 0.6 is 23.2 Å². The molecule has 0 N–H and O–H groups in total. The maximum Gasteiger partial charge on any atom is 0.244 e. The zero-order valence-electron chi connectivity index (χ0n) is 15.3. The van der Waals surface area contributed by atoms with E-state index in [0.717, 1.165) is 5.56 Å². The second-order valence-corrected chi connectivity index (χ2v) is 8.66. The molecule has 0 bridgehead atoms. The SMILES string of the molecule is COc1ccc(CN(C)S(=O)(=O)c2c(C)c(Cl)cc(C)c2Cl)cc1OC. The molecule has 0 atom stereocenters. The molecule has 8 heteroatoms. The van der Waals surface area contributed by atoms with Gasteiger partial charge < -0.3 is 9.47 Å². The summed E-state index contributed by atoms with van der Waals surface area (Å²) in [5, 5.41) is 0.552. The Hall–Kier alpha value is -1.47. The van der Waals surface area contributed by atoms with E-state index in [4.69, 9.17) is 32.7 Å². The number of aryl methyl sites for hydroxylation is 1. The third-order valence-corrected chi connectivity index (χ3v) is 7.08. The zero-order valence-corrected chi connectivity index (χ0v) is 17.6. The Bertz CT molecular complexity index is 903. The molecule has 5 nitrogen and oxygen atoms in total. The van der Waals surface area contributed by atoms with Gasteiger partial charge in [0.25, 0.3) is 0 Å². The lowest BCUT2D eigenvalue weighted by Gasteiger charge is -2.21. The van der Waals surface area contributed by atoms with E-state index in [2.05, 4.69) is 0 Å². The van der Waals surface area contributed by atoms with E-state index in [1.54, 1.807) is 45.2 Å². The predicted molar refractivity (Wildman–Crippen MR) is 104 cm³/mol. The summed E-state index contributed by atoms with van der Waals surface area (Å²) in [7, 11) is 0.734. The number of ether oxygens (including phenoxy) is 2. The molecule has 0 amide bonds. The first-order valence-electron chi connectivity index (χ1n) is 7.76. The van der Waals surface area contributed by atoms with Crippen molar-refractivity contribution in [2.24, 2.45) is 0 Å². The number of methoxy groups -OCH3 is 2. The van der Waals surface area contributed by atoms with Crippen LogP contribution in [0.1, 0.15) is 16.7 Å². The van der Waals surface area contributed by atoms with E-state index in [0.29, 0.717) is 27.6 Å². The minimum atomic E-state index is -3.83. The van der Waals surface area contributed by atoms with Crippen molar-refractivity contribution in [2.75, 3.05) is 21.3 Å². The van der Waals surface area contributed by atoms with Crippen molar-refractivity contribution in [2.45, 2.75) is 25.3 Å². The summed E-state index contributed by atoms with van der Waals surface area (Å²) in [5.74, 6) is 1.11. The lowest BCUT2D eigenvalue weighted by atomic mass is 10.2. The molecule has 2 rings (SSSR count). The number of rotatable bonds is 6. The van der Waals surface area contributed by atoms with Crippen molar-refractivity contribution in [3.8, 4) is 11.5 Å². The lowest BCUT2D eigenvalue weighted by molar-refractivity contribution is 0.354. The number of hydrogen-bond acceptors (Lipinski definition) is 4. The van der Waals surface area contributed by atoms with Gasteiger partial charge in [-0.25, -0.2) is 8.42 Å². The van der Waals surface area contributed by atoms with Crippen LogP contribution in [0.25, 0.3) is 0 Å². The molecule has 0 saturated carbocycles. The van der Waals surface area contributed by atoms with Crippen LogP contribution in [-0.2, 0) is 16.6 Å². The van der Waals surface area contributed by atoms with Crippen LogP contribution in [0.3, 0.4) is 0 Å². The fourth-order valence-electron chi connectivity index (χ4n) is 2.60. The van der Waals surface area contributed by atoms with Gasteiger partial charge in [0.15, 0.2) is 11.5 Å². The highest BCUT2D eigenvalue weighted by Gasteiger charge is 2.28. The van der Waals surface area contributed by atoms with Gasteiger partial charge in [-0.3, -0.25) is 0 Å². The van der Waals surface area contributed by atoms with Crippen molar-refractivity contribution < 1.29 is 17.9 Å².